The summed E-state index contributed by atoms with van der Waals surface area (Å²) in [5.74, 6) is 1.51. The van der Waals surface area contributed by atoms with Gasteiger partial charge in [-0.1, -0.05) is 0 Å². The van der Waals surface area contributed by atoms with Gasteiger partial charge in [0.05, 0.1) is 9.77 Å². The number of nitrogens with two attached hydrogens (primary N) is 1. The highest BCUT2D eigenvalue weighted by atomic mass is 127. The average molecular weight is 312 g/mol. The molecule has 76 valence electrons. The fourth-order valence-electron chi connectivity index (χ4n) is 1.13. The van der Waals surface area contributed by atoms with Gasteiger partial charge in [-0.3, -0.25) is 4.98 Å². The van der Waals surface area contributed by atoms with Crippen molar-refractivity contribution >= 4 is 28.3 Å². The summed E-state index contributed by atoms with van der Waals surface area (Å²) in [4.78, 5) is 3.98. The van der Waals surface area contributed by atoms with Crippen LogP contribution in [0.4, 0.5) is 5.69 Å². The summed E-state index contributed by atoms with van der Waals surface area (Å²) in [5.41, 5.74) is 6.38. The molecular formula is C11H9IN2O. The third kappa shape index (κ3) is 2.59. The summed E-state index contributed by atoms with van der Waals surface area (Å²) in [5, 5.41) is 0. The van der Waals surface area contributed by atoms with Crippen molar-refractivity contribution in [1.29, 1.82) is 0 Å². The highest BCUT2D eigenvalue weighted by Crippen LogP contribution is 2.27. The number of anilines is 1. The van der Waals surface area contributed by atoms with E-state index in [1.807, 2.05) is 30.3 Å². The first-order valence-electron chi connectivity index (χ1n) is 4.38. The Kier molecular flexibility index (Phi) is 3.05. The summed E-state index contributed by atoms with van der Waals surface area (Å²) in [6, 6.07) is 9.23. The zero-order chi connectivity index (χ0) is 10.7. The van der Waals surface area contributed by atoms with Crippen LogP contribution in [0.25, 0.3) is 0 Å². The van der Waals surface area contributed by atoms with Crippen molar-refractivity contribution in [3.05, 3.63) is 46.3 Å². The number of nitrogen functional groups attached to an aromatic ring is 1. The van der Waals surface area contributed by atoms with Crippen molar-refractivity contribution in [2.24, 2.45) is 0 Å². The molecular weight excluding hydrogens is 303 g/mol. The Balaban J connectivity index is 2.25. The first-order valence-corrected chi connectivity index (χ1v) is 5.46. The molecule has 0 atom stereocenters. The second-order valence-electron chi connectivity index (χ2n) is 2.98. The average Bonchev–Trinajstić information content (AvgIpc) is 2.24. The number of rotatable bonds is 2. The van der Waals surface area contributed by atoms with Gasteiger partial charge in [0.2, 0.25) is 0 Å². The van der Waals surface area contributed by atoms with Crippen molar-refractivity contribution in [3.8, 4) is 11.5 Å². The third-order valence-corrected chi connectivity index (χ3v) is 2.66. The van der Waals surface area contributed by atoms with Crippen molar-refractivity contribution in [2.75, 3.05) is 5.73 Å². The molecule has 0 fully saturated rings. The molecule has 1 aromatic carbocycles. The lowest BCUT2D eigenvalue weighted by Crippen LogP contribution is -1.90. The molecule has 3 nitrogen and oxygen atoms in total. The first kappa shape index (κ1) is 10.2. The molecule has 0 aliphatic rings. The molecule has 0 spiro atoms. The second kappa shape index (κ2) is 4.48. The van der Waals surface area contributed by atoms with Crippen LogP contribution in [0.1, 0.15) is 0 Å². The molecule has 0 aliphatic heterocycles. The van der Waals surface area contributed by atoms with Crippen LogP contribution in [0, 0.1) is 3.57 Å². The van der Waals surface area contributed by atoms with Gasteiger partial charge in [0, 0.05) is 11.9 Å². The van der Waals surface area contributed by atoms with Gasteiger partial charge in [-0.15, -0.1) is 0 Å². The first-order chi connectivity index (χ1) is 7.25. The summed E-state index contributed by atoms with van der Waals surface area (Å²) >= 11 is 2.19. The van der Waals surface area contributed by atoms with Crippen LogP contribution in [0.3, 0.4) is 0 Å². The van der Waals surface area contributed by atoms with Crippen LogP contribution in [0.5, 0.6) is 11.5 Å². The highest BCUT2D eigenvalue weighted by molar-refractivity contribution is 14.1. The van der Waals surface area contributed by atoms with Crippen LogP contribution >= 0.6 is 22.6 Å². The van der Waals surface area contributed by atoms with Crippen LogP contribution in [-0.4, -0.2) is 4.98 Å². The molecule has 4 heteroatoms. The lowest BCUT2D eigenvalue weighted by molar-refractivity contribution is 0.477. The standard InChI is InChI=1S/C11H9IN2O/c12-10-6-8(13)3-4-11(10)15-9-2-1-5-14-7-9/h1-7H,13H2. The lowest BCUT2D eigenvalue weighted by atomic mass is 10.3. The maximum atomic E-state index is 5.65. The largest absolute Gasteiger partial charge is 0.455 e. The Morgan fingerprint density at radius 2 is 2.13 bits per heavy atom. The van der Waals surface area contributed by atoms with E-state index >= 15 is 0 Å². The predicted molar refractivity (Wildman–Crippen MR) is 67.9 cm³/mol. The number of aromatic nitrogens is 1. The molecule has 0 saturated carbocycles. The van der Waals surface area contributed by atoms with Gasteiger partial charge in [0.25, 0.3) is 0 Å². The van der Waals surface area contributed by atoms with Crippen molar-refractivity contribution in [3.63, 3.8) is 0 Å². The molecule has 1 heterocycles. The molecule has 0 radical (unpaired) electrons. The van der Waals surface area contributed by atoms with Crippen molar-refractivity contribution < 1.29 is 4.74 Å². The summed E-state index contributed by atoms with van der Waals surface area (Å²) < 4.78 is 6.62. The number of ether oxygens (including phenoxy) is 1. The Hall–Kier alpha value is -1.30. The summed E-state index contributed by atoms with van der Waals surface area (Å²) in [7, 11) is 0. The number of hydrogen-bond donors (Lipinski definition) is 1. The minimum atomic E-state index is 0.722. The summed E-state index contributed by atoms with van der Waals surface area (Å²) in [6.07, 6.45) is 3.38. The van der Waals surface area contributed by atoms with E-state index < -0.39 is 0 Å². The van der Waals surface area contributed by atoms with Gasteiger partial charge in [0.1, 0.15) is 11.5 Å². The van der Waals surface area contributed by atoms with Crippen LogP contribution in [-0.2, 0) is 0 Å². The Morgan fingerprint density at radius 1 is 1.27 bits per heavy atom. The Bertz CT molecular complexity index is 459. The molecule has 0 amide bonds. The minimum Gasteiger partial charge on any atom is -0.455 e. The zero-order valence-corrected chi connectivity index (χ0v) is 10.0. The Morgan fingerprint density at radius 3 is 2.80 bits per heavy atom. The van der Waals surface area contributed by atoms with E-state index in [1.54, 1.807) is 12.4 Å². The predicted octanol–water partition coefficient (Wildman–Crippen LogP) is 3.06. The molecule has 0 bridgehead atoms. The second-order valence-corrected chi connectivity index (χ2v) is 4.14. The number of benzene rings is 1. The van der Waals surface area contributed by atoms with Crippen LogP contribution in [0.2, 0.25) is 0 Å². The van der Waals surface area contributed by atoms with Gasteiger partial charge in [-0.2, -0.15) is 0 Å². The smallest absolute Gasteiger partial charge is 0.145 e. The monoisotopic (exact) mass is 312 g/mol. The maximum Gasteiger partial charge on any atom is 0.145 e. The zero-order valence-electron chi connectivity index (χ0n) is 7.85. The molecule has 0 unspecified atom stereocenters. The number of halogens is 1. The van der Waals surface area contributed by atoms with E-state index in [9.17, 15) is 0 Å². The topological polar surface area (TPSA) is 48.1 Å². The maximum absolute atomic E-state index is 5.65. The van der Waals surface area contributed by atoms with Gasteiger partial charge < -0.3 is 10.5 Å². The molecule has 2 N–H and O–H groups in total. The van der Waals surface area contributed by atoms with E-state index in [4.69, 9.17) is 10.5 Å². The molecule has 0 aliphatic carbocycles. The summed E-state index contributed by atoms with van der Waals surface area (Å²) in [6.45, 7) is 0. The lowest BCUT2D eigenvalue weighted by Gasteiger charge is -2.07. The normalized spacial score (nSPS) is 9.93. The van der Waals surface area contributed by atoms with Gasteiger partial charge >= 0.3 is 0 Å². The number of nitrogens with zero attached hydrogens (tertiary/aromatic N) is 1. The van der Waals surface area contributed by atoms with Crippen LogP contribution < -0.4 is 10.5 Å². The number of pyridine rings is 1. The van der Waals surface area contributed by atoms with Gasteiger partial charge in [-0.05, 0) is 52.9 Å². The minimum absolute atomic E-state index is 0.722. The Labute approximate surface area is 101 Å². The van der Waals surface area contributed by atoms with Crippen molar-refractivity contribution in [2.45, 2.75) is 0 Å². The fraction of sp³-hybridized carbons (Fsp3) is 0. The quantitative estimate of drug-likeness (QED) is 0.685. The number of hydrogen-bond acceptors (Lipinski definition) is 3. The van der Waals surface area contributed by atoms with E-state index in [-0.39, 0.29) is 0 Å². The SMILES string of the molecule is Nc1ccc(Oc2cccnc2)c(I)c1. The van der Waals surface area contributed by atoms with E-state index in [0.29, 0.717) is 0 Å². The molecule has 0 saturated heterocycles. The molecule has 1 aromatic heterocycles. The fourth-order valence-corrected chi connectivity index (χ4v) is 1.78. The molecule has 15 heavy (non-hydrogen) atoms. The van der Waals surface area contributed by atoms with Gasteiger partial charge in [0.15, 0.2) is 0 Å². The molecule has 2 rings (SSSR count). The molecule has 2 aromatic rings. The van der Waals surface area contributed by atoms with E-state index in [0.717, 1.165) is 20.8 Å². The van der Waals surface area contributed by atoms with Crippen LogP contribution in [0.15, 0.2) is 42.7 Å². The van der Waals surface area contributed by atoms with Gasteiger partial charge in [-0.25, -0.2) is 0 Å². The van der Waals surface area contributed by atoms with E-state index in [1.165, 1.54) is 0 Å². The van der Waals surface area contributed by atoms with E-state index in [2.05, 4.69) is 27.6 Å². The van der Waals surface area contributed by atoms with Crippen molar-refractivity contribution in [1.82, 2.24) is 4.98 Å². The highest BCUT2D eigenvalue weighted by Gasteiger charge is 2.02. The third-order valence-electron chi connectivity index (χ3n) is 1.82.